The molecule has 10 heteroatoms. The van der Waals surface area contributed by atoms with E-state index >= 15 is 0 Å². The summed E-state index contributed by atoms with van der Waals surface area (Å²) in [7, 11) is 7.37. The molecule has 1 unspecified atom stereocenters. The highest BCUT2D eigenvalue weighted by Crippen LogP contribution is 2.43. The van der Waals surface area contributed by atoms with Gasteiger partial charge in [0.1, 0.15) is 5.69 Å². The van der Waals surface area contributed by atoms with Crippen LogP contribution < -0.4 is 24.5 Å². The zero-order valence-electron chi connectivity index (χ0n) is 20.8. The molecular formula is C26H28BrNO8. The van der Waals surface area contributed by atoms with Crippen molar-refractivity contribution in [1.82, 2.24) is 4.57 Å². The number of carbonyl (C=O) groups excluding carboxylic acids is 1. The molecule has 3 aromatic rings. The van der Waals surface area contributed by atoms with Gasteiger partial charge in [-0.05, 0) is 58.6 Å². The van der Waals surface area contributed by atoms with Crippen LogP contribution in [0.15, 0.2) is 33.5 Å². The maximum Gasteiger partial charge on any atom is 0.355 e. The van der Waals surface area contributed by atoms with E-state index in [0.717, 1.165) is 12.8 Å². The minimum Gasteiger partial charge on any atom is -0.493 e. The molecule has 0 radical (unpaired) electrons. The van der Waals surface area contributed by atoms with Crippen LogP contribution in [0.25, 0.3) is 21.9 Å². The third-order valence-electron chi connectivity index (χ3n) is 6.29. The number of rotatable bonds is 8. The molecule has 9 nitrogen and oxygen atoms in total. The van der Waals surface area contributed by atoms with Crippen molar-refractivity contribution in [1.29, 1.82) is 0 Å². The molecule has 1 atom stereocenters. The maximum atomic E-state index is 13.8. The second kappa shape index (κ2) is 10.8. The van der Waals surface area contributed by atoms with Crippen LogP contribution in [0.2, 0.25) is 0 Å². The first kappa shape index (κ1) is 25.8. The molecule has 1 fully saturated rings. The van der Waals surface area contributed by atoms with E-state index in [2.05, 4.69) is 15.9 Å². The highest BCUT2D eigenvalue weighted by atomic mass is 79.9. The lowest BCUT2D eigenvalue weighted by Gasteiger charge is -2.22. The summed E-state index contributed by atoms with van der Waals surface area (Å²) in [5.74, 6) is 1.11. The van der Waals surface area contributed by atoms with E-state index in [1.54, 1.807) is 24.3 Å². The molecule has 4 rings (SSSR count). The maximum absolute atomic E-state index is 13.8. The van der Waals surface area contributed by atoms with Crippen molar-refractivity contribution >= 4 is 32.7 Å². The number of aromatic nitrogens is 1. The first-order valence-electron chi connectivity index (χ1n) is 11.3. The van der Waals surface area contributed by atoms with E-state index in [1.165, 1.54) is 40.1 Å². The number of pyridine rings is 1. The van der Waals surface area contributed by atoms with Gasteiger partial charge in [-0.25, -0.2) is 4.79 Å². The van der Waals surface area contributed by atoms with Crippen LogP contribution in [0.5, 0.6) is 23.0 Å². The van der Waals surface area contributed by atoms with Gasteiger partial charge >= 0.3 is 5.97 Å². The van der Waals surface area contributed by atoms with Gasteiger partial charge in [-0.1, -0.05) is 0 Å². The standard InChI is InChI=1S/C26H28BrNO8/c1-31-19-11-16-17(12-20(19)32-2)25(29)28(13-15-7-6-8-36-15)23(26(30)35-5)22(16)14-9-18(27)24(34-4)21(10-14)33-3/h9-12,15H,6-8,13H2,1-5H3. The number of halogens is 1. The highest BCUT2D eigenvalue weighted by molar-refractivity contribution is 9.10. The smallest absolute Gasteiger partial charge is 0.355 e. The SMILES string of the molecule is COC(=O)c1c(-c2cc(Br)c(OC)c(OC)c2)c2cc(OC)c(OC)cc2c(=O)n1CC1CCCO1. The van der Waals surface area contributed by atoms with Crippen molar-refractivity contribution < 1.29 is 33.2 Å². The first-order chi connectivity index (χ1) is 17.4. The molecule has 0 N–H and O–H groups in total. The average molecular weight is 562 g/mol. The molecule has 1 aromatic heterocycles. The summed E-state index contributed by atoms with van der Waals surface area (Å²) in [4.78, 5) is 27.1. The third-order valence-corrected chi connectivity index (χ3v) is 6.88. The zero-order valence-corrected chi connectivity index (χ0v) is 22.4. The Kier molecular flexibility index (Phi) is 7.75. The molecular weight excluding hydrogens is 534 g/mol. The minimum absolute atomic E-state index is 0.108. The van der Waals surface area contributed by atoms with Crippen molar-refractivity contribution in [3.63, 3.8) is 0 Å². The largest absolute Gasteiger partial charge is 0.493 e. The zero-order chi connectivity index (χ0) is 26.0. The number of fused-ring (bicyclic) bond motifs is 1. The van der Waals surface area contributed by atoms with Gasteiger partial charge in [-0.3, -0.25) is 9.36 Å². The Labute approximate surface area is 216 Å². The van der Waals surface area contributed by atoms with E-state index in [0.29, 0.717) is 56.0 Å². The molecule has 0 saturated carbocycles. The van der Waals surface area contributed by atoms with Crippen molar-refractivity contribution in [2.45, 2.75) is 25.5 Å². The van der Waals surface area contributed by atoms with Crippen LogP contribution in [0.4, 0.5) is 0 Å². The molecule has 36 heavy (non-hydrogen) atoms. The molecule has 1 aliphatic rings. The predicted molar refractivity (Wildman–Crippen MR) is 138 cm³/mol. The van der Waals surface area contributed by atoms with Crippen LogP contribution in [0.3, 0.4) is 0 Å². The van der Waals surface area contributed by atoms with E-state index in [4.69, 9.17) is 28.4 Å². The fourth-order valence-electron chi connectivity index (χ4n) is 4.60. The van der Waals surface area contributed by atoms with E-state index in [9.17, 15) is 9.59 Å². The normalized spacial score (nSPS) is 15.1. The van der Waals surface area contributed by atoms with Gasteiger partial charge in [-0.15, -0.1) is 0 Å². The van der Waals surface area contributed by atoms with Crippen molar-refractivity contribution in [2.75, 3.05) is 42.2 Å². The lowest BCUT2D eigenvalue weighted by atomic mass is 9.95. The number of carbonyl (C=O) groups is 1. The minimum atomic E-state index is -0.650. The number of methoxy groups -OCH3 is 5. The first-order valence-corrected chi connectivity index (χ1v) is 12.1. The molecule has 2 heterocycles. The fourth-order valence-corrected chi connectivity index (χ4v) is 5.21. The molecule has 0 aliphatic carbocycles. The Hall–Kier alpha value is -3.24. The van der Waals surface area contributed by atoms with Gasteiger partial charge in [0.15, 0.2) is 23.0 Å². The summed E-state index contributed by atoms with van der Waals surface area (Å²) in [6, 6.07) is 6.88. The van der Waals surface area contributed by atoms with Gasteiger partial charge < -0.3 is 28.4 Å². The molecule has 0 spiro atoms. The van der Waals surface area contributed by atoms with Crippen LogP contribution in [-0.2, 0) is 16.0 Å². The Morgan fingerprint density at radius 3 is 2.19 bits per heavy atom. The second-order valence-electron chi connectivity index (χ2n) is 8.21. The average Bonchev–Trinajstić information content (AvgIpc) is 3.41. The van der Waals surface area contributed by atoms with Crippen LogP contribution in [0.1, 0.15) is 23.3 Å². The number of esters is 1. The number of nitrogens with zero attached hydrogens (tertiary/aromatic N) is 1. The van der Waals surface area contributed by atoms with E-state index in [-0.39, 0.29) is 23.9 Å². The predicted octanol–water partition coefficient (Wildman–Crippen LogP) is 4.43. The fraction of sp³-hybridized carbons (Fsp3) is 0.385. The summed E-state index contributed by atoms with van der Waals surface area (Å²) in [5, 5.41) is 0.861. The molecule has 1 aliphatic heterocycles. The third kappa shape index (κ3) is 4.51. The summed E-state index contributed by atoms with van der Waals surface area (Å²) in [6.07, 6.45) is 1.48. The Balaban J connectivity index is 2.17. The summed E-state index contributed by atoms with van der Waals surface area (Å²) < 4.78 is 35.1. The topological polar surface area (TPSA) is 94.5 Å². The quantitative estimate of drug-likeness (QED) is 0.373. The Bertz CT molecular complexity index is 1360. The lowest BCUT2D eigenvalue weighted by molar-refractivity contribution is 0.0575. The van der Waals surface area contributed by atoms with Crippen molar-refractivity contribution in [3.8, 4) is 34.1 Å². The van der Waals surface area contributed by atoms with Gasteiger partial charge in [0.25, 0.3) is 5.56 Å². The highest BCUT2D eigenvalue weighted by Gasteiger charge is 2.29. The van der Waals surface area contributed by atoms with Crippen molar-refractivity contribution in [2.24, 2.45) is 0 Å². The summed E-state index contributed by atoms with van der Waals surface area (Å²) >= 11 is 3.54. The molecule has 1 saturated heterocycles. The van der Waals surface area contributed by atoms with Gasteiger partial charge in [0.05, 0.1) is 58.1 Å². The van der Waals surface area contributed by atoms with Crippen LogP contribution in [0, 0.1) is 0 Å². The Morgan fingerprint density at radius 1 is 0.972 bits per heavy atom. The van der Waals surface area contributed by atoms with E-state index < -0.39 is 5.97 Å². The number of ether oxygens (including phenoxy) is 6. The number of hydrogen-bond acceptors (Lipinski definition) is 8. The second-order valence-corrected chi connectivity index (χ2v) is 9.07. The number of benzene rings is 2. The summed E-state index contributed by atoms with van der Waals surface area (Å²) in [5.41, 5.74) is 0.845. The molecule has 0 bridgehead atoms. The van der Waals surface area contributed by atoms with Crippen LogP contribution in [-0.4, -0.2) is 58.8 Å². The van der Waals surface area contributed by atoms with Gasteiger partial charge in [0.2, 0.25) is 0 Å². The van der Waals surface area contributed by atoms with Crippen molar-refractivity contribution in [3.05, 3.63) is 44.8 Å². The molecule has 2 aromatic carbocycles. The van der Waals surface area contributed by atoms with Gasteiger partial charge in [-0.2, -0.15) is 0 Å². The molecule has 0 amide bonds. The number of hydrogen-bond donors (Lipinski definition) is 0. The Morgan fingerprint density at radius 2 is 1.64 bits per heavy atom. The van der Waals surface area contributed by atoms with Crippen LogP contribution >= 0.6 is 15.9 Å². The van der Waals surface area contributed by atoms with E-state index in [1.807, 2.05) is 0 Å². The van der Waals surface area contributed by atoms with Gasteiger partial charge in [0, 0.05) is 17.6 Å². The summed E-state index contributed by atoms with van der Waals surface area (Å²) in [6.45, 7) is 0.816. The monoisotopic (exact) mass is 561 g/mol. The lowest BCUT2D eigenvalue weighted by Crippen LogP contribution is -2.32. The molecule has 192 valence electrons.